The van der Waals surface area contributed by atoms with Crippen LogP contribution in [0.1, 0.15) is 17.2 Å². The molecule has 2 aromatic rings. The average molecular weight is 377 g/mol. The third-order valence-corrected chi connectivity index (χ3v) is 4.82. The molecule has 142 valence electrons. The summed E-state index contributed by atoms with van der Waals surface area (Å²) >= 11 is 0. The Labute approximate surface area is 156 Å². The first-order valence-electron chi connectivity index (χ1n) is 8.44. The summed E-state index contributed by atoms with van der Waals surface area (Å²) in [5.41, 5.74) is 1.99. The molecular formula is C20H28O5Si. The molecule has 0 N–H and O–H groups in total. The summed E-state index contributed by atoms with van der Waals surface area (Å²) < 4.78 is 28.2. The Morgan fingerprint density at radius 3 is 1.62 bits per heavy atom. The van der Waals surface area contributed by atoms with E-state index >= 15 is 0 Å². The summed E-state index contributed by atoms with van der Waals surface area (Å²) in [6.07, 6.45) is -0.235. The average Bonchev–Trinajstić information content (AvgIpc) is 2.64. The Balaban J connectivity index is 2.57. The first kappa shape index (κ1) is 20.1. The summed E-state index contributed by atoms with van der Waals surface area (Å²) in [5.74, 6) is 2.60. The molecule has 0 aliphatic carbocycles. The first-order valence-corrected chi connectivity index (χ1v) is 11.9. The molecule has 1 atom stereocenters. The van der Waals surface area contributed by atoms with E-state index in [-0.39, 0.29) is 6.10 Å². The van der Waals surface area contributed by atoms with Crippen LogP contribution in [-0.2, 0) is 4.43 Å². The molecular weight excluding hydrogens is 348 g/mol. The van der Waals surface area contributed by atoms with Crippen LogP contribution >= 0.6 is 0 Å². The fraction of sp³-hybridized carbons (Fsp3) is 0.400. The molecule has 0 aliphatic rings. The van der Waals surface area contributed by atoms with Crippen LogP contribution in [0.25, 0.3) is 0 Å². The van der Waals surface area contributed by atoms with Crippen LogP contribution in [0.2, 0.25) is 19.6 Å². The van der Waals surface area contributed by atoms with Crippen molar-refractivity contribution in [2.75, 3.05) is 28.4 Å². The van der Waals surface area contributed by atoms with E-state index in [0.29, 0.717) is 17.2 Å². The molecule has 0 heterocycles. The second-order valence-electron chi connectivity index (χ2n) is 6.84. The van der Waals surface area contributed by atoms with Crippen LogP contribution < -0.4 is 18.9 Å². The lowest BCUT2D eigenvalue weighted by atomic mass is 10.0. The minimum Gasteiger partial charge on any atom is -0.497 e. The molecule has 0 fully saturated rings. The lowest BCUT2D eigenvalue weighted by Gasteiger charge is -2.28. The number of hydrogen-bond acceptors (Lipinski definition) is 5. The zero-order valence-electron chi connectivity index (χ0n) is 16.6. The summed E-state index contributed by atoms with van der Waals surface area (Å²) in [6.45, 7) is 6.50. The van der Waals surface area contributed by atoms with Gasteiger partial charge in [-0.3, -0.25) is 0 Å². The van der Waals surface area contributed by atoms with Crippen molar-refractivity contribution in [3.8, 4) is 23.0 Å². The minimum absolute atomic E-state index is 0.235. The quantitative estimate of drug-likeness (QED) is 0.627. The van der Waals surface area contributed by atoms with Crippen molar-refractivity contribution >= 4 is 8.32 Å². The van der Waals surface area contributed by atoms with Crippen molar-refractivity contribution in [3.63, 3.8) is 0 Å². The lowest BCUT2D eigenvalue weighted by Crippen LogP contribution is -2.28. The van der Waals surface area contributed by atoms with Crippen LogP contribution in [-0.4, -0.2) is 36.8 Å². The maximum atomic E-state index is 6.50. The van der Waals surface area contributed by atoms with Crippen LogP contribution in [0.4, 0.5) is 0 Å². The summed E-state index contributed by atoms with van der Waals surface area (Å²) in [6, 6.07) is 11.8. The maximum Gasteiger partial charge on any atom is 0.203 e. The van der Waals surface area contributed by atoms with E-state index in [1.807, 2.05) is 36.4 Å². The monoisotopic (exact) mass is 376 g/mol. The molecule has 0 aliphatic heterocycles. The summed E-state index contributed by atoms with van der Waals surface area (Å²) in [7, 11) is 4.65. The van der Waals surface area contributed by atoms with Crippen molar-refractivity contribution in [2.24, 2.45) is 0 Å². The van der Waals surface area contributed by atoms with Gasteiger partial charge in [-0.25, -0.2) is 0 Å². The number of hydrogen-bond donors (Lipinski definition) is 0. The Morgan fingerprint density at radius 2 is 1.23 bits per heavy atom. The SMILES string of the molecule is COc1ccc(C(O[Si](C)(C)C)c2cc(OC)c(OC)c(OC)c2)cc1. The molecule has 6 heteroatoms. The maximum absolute atomic E-state index is 6.50. The largest absolute Gasteiger partial charge is 0.497 e. The molecule has 1 unspecified atom stereocenters. The third kappa shape index (κ3) is 4.71. The normalized spacial score (nSPS) is 12.4. The van der Waals surface area contributed by atoms with Gasteiger partial charge in [0.2, 0.25) is 5.75 Å². The standard InChI is InChI=1S/C20H28O5Si/c1-21-16-10-8-14(9-11-16)19(25-26(5,6)7)15-12-17(22-2)20(24-4)18(13-15)23-3/h8-13,19H,1-7H3. The van der Waals surface area contributed by atoms with Gasteiger partial charge in [0.25, 0.3) is 0 Å². The predicted octanol–water partition coefficient (Wildman–Crippen LogP) is 4.66. The van der Waals surface area contributed by atoms with Gasteiger partial charge in [0, 0.05) is 0 Å². The van der Waals surface area contributed by atoms with Crippen molar-refractivity contribution in [3.05, 3.63) is 47.5 Å². The minimum atomic E-state index is -1.83. The highest BCUT2D eigenvalue weighted by Gasteiger charge is 2.26. The fourth-order valence-corrected chi connectivity index (χ4v) is 3.69. The van der Waals surface area contributed by atoms with E-state index in [4.69, 9.17) is 23.4 Å². The van der Waals surface area contributed by atoms with E-state index < -0.39 is 8.32 Å². The fourth-order valence-electron chi connectivity index (χ4n) is 2.71. The van der Waals surface area contributed by atoms with E-state index in [9.17, 15) is 0 Å². The Hall–Kier alpha value is -2.18. The van der Waals surface area contributed by atoms with Crippen LogP contribution in [0.3, 0.4) is 0 Å². The molecule has 0 amide bonds. The van der Waals surface area contributed by atoms with E-state index in [2.05, 4.69) is 19.6 Å². The molecule has 2 aromatic carbocycles. The number of methoxy groups -OCH3 is 4. The third-order valence-electron chi connectivity index (χ3n) is 3.88. The van der Waals surface area contributed by atoms with Crippen LogP contribution in [0, 0.1) is 0 Å². The predicted molar refractivity (Wildman–Crippen MR) is 105 cm³/mol. The Kier molecular flexibility index (Phi) is 6.56. The van der Waals surface area contributed by atoms with Gasteiger partial charge in [0.1, 0.15) is 5.75 Å². The molecule has 0 bridgehead atoms. The second-order valence-corrected chi connectivity index (χ2v) is 11.3. The highest BCUT2D eigenvalue weighted by atomic mass is 28.4. The van der Waals surface area contributed by atoms with Crippen molar-refractivity contribution in [2.45, 2.75) is 25.7 Å². The molecule has 0 saturated heterocycles. The molecule has 0 spiro atoms. The smallest absolute Gasteiger partial charge is 0.203 e. The van der Waals surface area contributed by atoms with Crippen LogP contribution in [0.15, 0.2) is 36.4 Å². The van der Waals surface area contributed by atoms with E-state index in [1.165, 1.54) is 0 Å². The van der Waals surface area contributed by atoms with E-state index in [1.54, 1.807) is 28.4 Å². The van der Waals surface area contributed by atoms with Crippen molar-refractivity contribution in [1.29, 1.82) is 0 Å². The molecule has 26 heavy (non-hydrogen) atoms. The van der Waals surface area contributed by atoms with E-state index in [0.717, 1.165) is 16.9 Å². The zero-order chi connectivity index (χ0) is 19.3. The molecule has 0 saturated carbocycles. The Bertz CT molecular complexity index is 697. The lowest BCUT2D eigenvalue weighted by molar-refractivity contribution is 0.237. The van der Waals surface area contributed by atoms with Gasteiger partial charge in [0.05, 0.1) is 34.5 Å². The molecule has 2 rings (SSSR count). The highest BCUT2D eigenvalue weighted by Crippen LogP contribution is 2.42. The van der Waals surface area contributed by atoms with Crippen molar-refractivity contribution < 1.29 is 23.4 Å². The number of benzene rings is 2. The number of rotatable bonds is 8. The second kappa shape index (κ2) is 8.47. The van der Waals surface area contributed by atoms with Gasteiger partial charge < -0.3 is 23.4 Å². The number of ether oxygens (including phenoxy) is 4. The van der Waals surface area contributed by atoms with Crippen LogP contribution in [0.5, 0.6) is 23.0 Å². The van der Waals surface area contributed by atoms with Gasteiger partial charge >= 0.3 is 0 Å². The Morgan fingerprint density at radius 1 is 0.692 bits per heavy atom. The highest BCUT2D eigenvalue weighted by molar-refractivity contribution is 6.69. The van der Waals surface area contributed by atoms with Gasteiger partial charge in [-0.2, -0.15) is 0 Å². The van der Waals surface area contributed by atoms with Gasteiger partial charge in [0.15, 0.2) is 19.8 Å². The zero-order valence-corrected chi connectivity index (χ0v) is 17.6. The van der Waals surface area contributed by atoms with Gasteiger partial charge in [-0.1, -0.05) is 12.1 Å². The molecule has 0 aromatic heterocycles. The van der Waals surface area contributed by atoms with Gasteiger partial charge in [-0.05, 0) is 55.0 Å². The van der Waals surface area contributed by atoms with Gasteiger partial charge in [-0.15, -0.1) is 0 Å². The topological polar surface area (TPSA) is 46.2 Å². The summed E-state index contributed by atoms with van der Waals surface area (Å²) in [4.78, 5) is 0. The summed E-state index contributed by atoms with van der Waals surface area (Å²) in [5, 5.41) is 0. The molecule has 0 radical (unpaired) electrons. The first-order chi connectivity index (χ1) is 12.3. The van der Waals surface area contributed by atoms with Crippen molar-refractivity contribution in [1.82, 2.24) is 0 Å². The molecule has 5 nitrogen and oxygen atoms in total.